The maximum Gasteiger partial charge on any atom is 0.311 e. The number of hydrogen-bond acceptors (Lipinski definition) is 3. The standard InChI is InChI=1S/C13H18O3/c1-3-4-5-9-13(14)16-12-8-6-7-11(10-12)15-2/h6-8,10H,3-5,9H2,1-2H3. The van der Waals surface area contributed by atoms with E-state index < -0.39 is 0 Å². The zero-order valence-electron chi connectivity index (χ0n) is 9.86. The van der Waals surface area contributed by atoms with Crippen LogP contribution in [0.5, 0.6) is 11.5 Å². The number of carbonyl (C=O) groups excluding carboxylic acids is 1. The Morgan fingerprint density at radius 3 is 2.69 bits per heavy atom. The third-order valence-electron chi connectivity index (χ3n) is 2.26. The van der Waals surface area contributed by atoms with Crippen LogP contribution in [0.4, 0.5) is 0 Å². The molecule has 0 radical (unpaired) electrons. The molecular formula is C13H18O3. The van der Waals surface area contributed by atoms with Gasteiger partial charge in [-0.25, -0.2) is 0 Å². The normalized spacial score (nSPS) is 9.88. The minimum absolute atomic E-state index is 0.179. The molecule has 0 bridgehead atoms. The van der Waals surface area contributed by atoms with Gasteiger partial charge in [0.15, 0.2) is 0 Å². The quantitative estimate of drug-likeness (QED) is 0.421. The first kappa shape index (κ1) is 12.6. The van der Waals surface area contributed by atoms with Crippen molar-refractivity contribution in [3.63, 3.8) is 0 Å². The SMILES string of the molecule is CCCCCC(=O)Oc1cccc(OC)c1. The number of methoxy groups -OCH3 is 1. The van der Waals surface area contributed by atoms with E-state index in [0.717, 1.165) is 19.3 Å². The zero-order valence-corrected chi connectivity index (χ0v) is 9.86. The second-order valence-electron chi connectivity index (χ2n) is 3.61. The van der Waals surface area contributed by atoms with Crippen LogP contribution in [0.15, 0.2) is 24.3 Å². The Morgan fingerprint density at radius 1 is 1.25 bits per heavy atom. The van der Waals surface area contributed by atoms with Crippen LogP contribution >= 0.6 is 0 Å². The molecule has 1 rings (SSSR count). The van der Waals surface area contributed by atoms with E-state index in [0.29, 0.717) is 17.9 Å². The highest BCUT2D eigenvalue weighted by Gasteiger charge is 2.04. The Balaban J connectivity index is 2.43. The summed E-state index contributed by atoms with van der Waals surface area (Å²) in [6.07, 6.45) is 3.53. The van der Waals surface area contributed by atoms with Crippen molar-refractivity contribution in [2.24, 2.45) is 0 Å². The molecule has 88 valence electrons. The summed E-state index contributed by atoms with van der Waals surface area (Å²) in [5.74, 6) is 1.06. The van der Waals surface area contributed by atoms with Gasteiger partial charge in [0.05, 0.1) is 7.11 Å². The maximum absolute atomic E-state index is 11.4. The number of hydrogen-bond donors (Lipinski definition) is 0. The Kier molecular flexibility index (Phi) is 5.40. The molecule has 0 amide bonds. The molecule has 3 nitrogen and oxygen atoms in total. The molecule has 0 saturated carbocycles. The summed E-state index contributed by atoms with van der Waals surface area (Å²) in [7, 11) is 1.59. The van der Waals surface area contributed by atoms with Crippen molar-refractivity contribution in [2.45, 2.75) is 32.6 Å². The molecule has 0 atom stereocenters. The average molecular weight is 222 g/mol. The monoisotopic (exact) mass is 222 g/mol. The van der Waals surface area contributed by atoms with Crippen molar-refractivity contribution >= 4 is 5.97 Å². The van der Waals surface area contributed by atoms with Gasteiger partial charge in [0.25, 0.3) is 0 Å². The summed E-state index contributed by atoms with van der Waals surface area (Å²) in [6.45, 7) is 2.10. The van der Waals surface area contributed by atoms with Crippen LogP contribution in [-0.4, -0.2) is 13.1 Å². The maximum atomic E-state index is 11.4. The van der Waals surface area contributed by atoms with Crippen LogP contribution in [0.3, 0.4) is 0 Å². The van der Waals surface area contributed by atoms with Gasteiger partial charge >= 0.3 is 5.97 Å². The fourth-order valence-corrected chi connectivity index (χ4v) is 1.37. The first-order valence-electron chi connectivity index (χ1n) is 5.61. The molecule has 16 heavy (non-hydrogen) atoms. The summed E-state index contributed by atoms with van der Waals surface area (Å²) in [5, 5.41) is 0. The predicted molar refractivity (Wildman–Crippen MR) is 62.8 cm³/mol. The van der Waals surface area contributed by atoms with Crippen molar-refractivity contribution in [1.82, 2.24) is 0 Å². The molecule has 0 unspecified atom stereocenters. The Labute approximate surface area is 96.4 Å². The molecule has 0 fully saturated rings. The molecule has 0 aliphatic heterocycles. The lowest BCUT2D eigenvalue weighted by molar-refractivity contribution is -0.134. The van der Waals surface area contributed by atoms with Crippen LogP contribution in [0.1, 0.15) is 32.6 Å². The minimum atomic E-state index is -0.179. The molecule has 1 aromatic carbocycles. The van der Waals surface area contributed by atoms with Crippen LogP contribution in [0.25, 0.3) is 0 Å². The van der Waals surface area contributed by atoms with E-state index in [-0.39, 0.29) is 5.97 Å². The molecule has 0 heterocycles. The molecule has 3 heteroatoms. The second-order valence-corrected chi connectivity index (χ2v) is 3.61. The van der Waals surface area contributed by atoms with Gasteiger partial charge in [-0.05, 0) is 18.6 Å². The van der Waals surface area contributed by atoms with Gasteiger partial charge in [-0.1, -0.05) is 25.8 Å². The zero-order chi connectivity index (χ0) is 11.8. The lowest BCUT2D eigenvalue weighted by atomic mass is 10.2. The second kappa shape index (κ2) is 6.88. The first-order chi connectivity index (χ1) is 7.76. The van der Waals surface area contributed by atoms with Gasteiger partial charge in [0.2, 0.25) is 0 Å². The van der Waals surface area contributed by atoms with Crippen molar-refractivity contribution in [1.29, 1.82) is 0 Å². The number of rotatable bonds is 6. The highest BCUT2D eigenvalue weighted by Crippen LogP contribution is 2.19. The smallest absolute Gasteiger partial charge is 0.311 e. The van der Waals surface area contributed by atoms with Gasteiger partial charge in [-0.2, -0.15) is 0 Å². The Hall–Kier alpha value is -1.51. The van der Waals surface area contributed by atoms with Gasteiger partial charge in [-0.15, -0.1) is 0 Å². The van der Waals surface area contributed by atoms with Crippen molar-refractivity contribution < 1.29 is 14.3 Å². The topological polar surface area (TPSA) is 35.5 Å². The highest BCUT2D eigenvalue weighted by atomic mass is 16.5. The molecular weight excluding hydrogens is 204 g/mol. The van der Waals surface area contributed by atoms with E-state index >= 15 is 0 Å². The molecule has 0 aromatic heterocycles. The third kappa shape index (κ3) is 4.34. The summed E-state index contributed by atoms with van der Waals surface area (Å²) in [6, 6.07) is 7.07. The van der Waals surface area contributed by atoms with E-state index in [1.165, 1.54) is 0 Å². The Bertz CT molecular complexity index is 334. The predicted octanol–water partition coefficient (Wildman–Crippen LogP) is 3.18. The lowest BCUT2D eigenvalue weighted by Gasteiger charge is -2.05. The van der Waals surface area contributed by atoms with Crippen LogP contribution in [0.2, 0.25) is 0 Å². The number of unbranched alkanes of at least 4 members (excludes halogenated alkanes) is 2. The van der Waals surface area contributed by atoms with Crippen molar-refractivity contribution in [3.05, 3.63) is 24.3 Å². The number of carbonyl (C=O) groups is 1. The first-order valence-corrected chi connectivity index (χ1v) is 5.61. The van der Waals surface area contributed by atoms with Gasteiger partial charge in [0.1, 0.15) is 11.5 Å². The number of esters is 1. The largest absolute Gasteiger partial charge is 0.497 e. The van der Waals surface area contributed by atoms with E-state index in [4.69, 9.17) is 9.47 Å². The number of ether oxygens (including phenoxy) is 2. The molecule has 0 aliphatic carbocycles. The Morgan fingerprint density at radius 2 is 2.00 bits per heavy atom. The van der Waals surface area contributed by atoms with Crippen molar-refractivity contribution in [3.8, 4) is 11.5 Å². The van der Waals surface area contributed by atoms with E-state index in [9.17, 15) is 4.79 Å². The lowest BCUT2D eigenvalue weighted by Crippen LogP contribution is -2.07. The van der Waals surface area contributed by atoms with Gasteiger partial charge in [0, 0.05) is 12.5 Å². The van der Waals surface area contributed by atoms with E-state index in [1.807, 2.05) is 6.07 Å². The van der Waals surface area contributed by atoms with Crippen LogP contribution < -0.4 is 9.47 Å². The minimum Gasteiger partial charge on any atom is -0.497 e. The molecule has 0 saturated heterocycles. The number of benzene rings is 1. The van der Waals surface area contributed by atoms with Crippen LogP contribution in [-0.2, 0) is 4.79 Å². The molecule has 1 aromatic rings. The van der Waals surface area contributed by atoms with E-state index in [2.05, 4.69) is 6.92 Å². The summed E-state index contributed by atoms with van der Waals surface area (Å²) >= 11 is 0. The fourth-order valence-electron chi connectivity index (χ4n) is 1.37. The average Bonchev–Trinajstić information content (AvgIpc) is 2.29. The third-order valence-corrected chi connectivity index (χ3v) is 2.26. The highest BCUT2D eigenvalue weighted by molar-refractivity contribution is 5.72. The van der Waals surface area contributed by atoms with E-state index in [1.54, 1.807) is 25.3 Å². The van der Waals surface area contributed by atoms with Gasteiger partial charge < -0.3 is 9.47 Å². The van der Waals surface area contributed by atoms with Gasteiger partial charge in [-0.3, -0.25) is 4.79 Å². The molecule has 0 N–H and O–H groups in total. The fraction of sp³-hybridized carbons (Fsp3) is 0.462. The summed E-state index contributed by atoms with van der Waals surface area (Å²) in [5.41, 5.74) is 0. The molecule has 0 spiro atoms. The van der Waals surface area contributed by atoms with Crippen molar-refractivity contribution in [2.75, 3.05) is 7.11 Å². The summed E-state index contributed by atoms with van der Waals surface area (Å²) < 4.78 is 10.2. The molecule has 0 aliphatic rings. The summed E-state index contributed by atoms with van der Waals surface area (Å²) in [4.78, 5) is 11.4. The van der Waals surface area contributed by atoms with Crippen LogP contribution in [0, 0.1) is 0 Å².